The van der Waals surface area contributed by atoms with Crippen LogP contribution in [0.4, 0.5) is 4.39 Å². The van der Waals surface area contributed by atoms with E-state index in [0.717, 1.165) is 0 Å². The number of aromatic nitrogens is 1. The predicted octanol–water partition coefficient (Wildman–Crippen LogP) is 4.25. The Morgan fingerprint density at radius 2 is 2.04 bits per heavy atom. The van der Waals surface area contributed by atoms with Crippen LogP contribution in [0, 0.1) is 24.1 Å². The van der Waals surface area contributed by atoms with Crippen LogP contribution in [0.1, 0.15) is 17.0 Å². The van der Waals surface area contributed by atoms with Gasteiger partial charge < -0.3 is 13.9 Å². The average molecular weight is 338 g/mol. The smallest absolute Gasteiger partial charge is 0.229 e. The van der Waals surface area contributed by atoms with Crippen molar-refractivity contribution in [3.8, 4) is 29.0 Å². The molecule has 0 saturated heterocycles. The maximum absolute atomic E-state index is 14.2. The van der Waals surface area contributed by atoms with Crippen LogP contribution in [0.25, 0.3) is 11.5 Å². The molecule has 0 unspecified atom stereocenters. The van der Waals surface area contributed by atoms with Gasteiger partial charge in [-0.15, -0.1) is 0 Å². The molecule has 1 aromatic heterocycles. The predicted molar refractivity (Wildman–Crippen MR) is 88.7 cm³/mol. The van der Waals surface area contributed by atoms with Gasteiger partial charge in [0.05, 0.1) is 24.3 Å². The van der Waals surface area contributed by atoms with E-state index in [-0.39, 0.29) is 18.1 Å². The summed E-state index contributed by atoms with van der Waals surface area (Å²) in [5.41, 5.74) is 1.32. The summed E-state index contributed by atoms with van der Waals surface area (Å²) in [6.45, 7) is 1.89. The van der Waals surface area contributed by atoms with Crippen molar-refractivity contribution in [3.63, 3.8) is 0 Å². The Morgan fingerprint density at radius 3 is 2.76 bits per heavy atom. The summed E-state index contributed by atoms with van der Waals surface area (Å²) >= 11 is 0. The minimum Gasteiger partial charge on any atom is -0.497 e. The molecule has 0 aliphatic rings. The van der Waals surface area contributed by atoms with Gasteiger partial charge in [-0.25, -0.2) is 9.37 Å². The molecular formula is C19H15FN2O3. The Kier molecular flexibility index (Phi) is 4.66. The fourth-order valence-corrected chi connectivity index (χ4v) is 2.28. The Balaban J connectivity index is 1.79. The Bertz CT molecular complexity index is 944. The van der Waals surface area contributed by atoms with Crippen LogP contribution in [0.2, 0.25) is 0 Å². The number of hydrogen-bond acceptors (Lipinski definition) is 5. The third-order valence-electron chi connectivity index (χ3n) is 3.64. The molecule has 1 heterocycles. The minimum atomic E-state index is -0.477. The molecule has 0 bridgehead atoms. The molecule has 5 nitrogen and oxygen atoms in total. The number of nitriles is 1. The van der Waals surface area contributed by atoms with Crippen molar-refractivity contribution in [2.45, 2.75) is 13.5 Å². The number of aryl methyl sites for hydroxylation is 1. The zero-order chi connectivity index (χ0) is 17.8. The Hall–Kier alpha value is -3.33. The maximum Gasteiger partial charge on any atom is 0.229 e. The van der Waals surface area contributed by atoms with E-state index in [4.69, 9.17) is 19.2 Å². The summed E-state index contributed by atoms with van der Waals surface area (Å²) in [6, 6.07) is 13.3. The van der Waals surface area contributed by atoms with E-state index in [0.29, 0.717) is 28.5 Å². The molecule has 25 heavy (non-hydrogen) atoms. The first kappa shape index (κ1) is 16.5. The van der Waals surface area contributed by atoms with E-state index in [1.807, 2.05) is 0 Å². The minimum absolute atomic E-state index is 0.155. The molecule has 0 aliphatic heterocycles. The van der Waals surface area contributed by atoms with Gasteiger partial charge in [0.25, 0.3) is 0 Å². The highest BCUT2D eigenvalue weighted by atomic mass is 19.1. The number of rotatable bonds is 5. The standard InChI is InChI=1S/C19H15FN2O3/c1-12-18(11-24-15-5-3-4-13(8-15)10-21)22-19(25-12)16-7-6-14(23-2)9-17(16)20/h3-9H,11H2,1-2H3. The van der Waals surface area contributed by atoms with Crippen LogP contribution in [0.5, 0.6) is 11.5 Å². The van der Waals surface area contributed by atoms with Crippen molar-refractivity contribution in [2.24, 2.45) is 0 Å². The highest BCUT2D eigenvalue weighted by molar-refractivity contribution is 5.56. The quantitative estimate of drug-likeness (QED) is 0.696. The van der Waals surface area contributed by atoms with Crippen LogP contribution in [-0.2, 0) is 6.61 Å². The summed E-state index contributed by atoms with van der Waals surface area (Å²) in [4.78, 5) is 4.32. The van der Waals surface area contributed by atoms with Crippen LogP contribution in [0.3, 0.4) is 0 Å². The second-order valence-electron chi connectivity index (χ2n) is 5.30. The fourth-order valence-electron chi connectivity index (χ4n) is 2.28. The monoisotopic (exact) mass is 338 g/mol. The number of hydrogen-bond donors (Lipinski definition) is 0. The summed E-state index contributed by atoms with van der Waals surface area (Å²) in [5, 5.41) is 8.91. The van der Waals surface area contributed by atoms with E-state index < -0.39 is 5.82 Å². The van der Waals surface area contributed by atoms with Gasteiger partial charge in [-0.05, 0) is 37.3 Å². The summed E-state index contributed by atoms with van der Waals surface area (Å²) < 4.78 is 30.4. The lowest BCUT2D eigenvalue weighted by Crippen LogP contribution is -1.98. The number of halogens is 1. The highest BCUT2D eigenvalue weighted by Crippen LogP contribution is 2.27. The summed E-state index contributed by atoms with van der Waals surface area (Å²) in [6.07, 6.45) is 0. The van der Waals surface area contributed by atoms with Gasteiger partial charge in [0.1, 0.15) is 35.4 Å². The van der Waals surface area contributed by atoms with Gasteiger partial charge in [0, 0.05) is 6.07 Å². The van der Waals surface area contributed by atoms with Crippen LogP contribution in [-0.4, -0.2) is 12.1 Å². The lowest BCUT2D eigenvalue weighted by Gasteiger charge is -2.04. The van der Waals surface area contributed by atoms with Gasteiger partial charge in [0.15, 0.2) is 0 Å². The molecule has 126 valence electrons. The second kappa shape index (κ2) is 7.05. The SMILES string of the molecule is COc1ccc(-c2nc(COc3cccc(C#N)c3)c(C)o2)c(F)c1. The molecule has 0 amide bonds. The molecule has 0 spiro atoms. The largest absolute Gasteiger partial charge is 0.497 e. The molecule has 0 aliphatic carbocycles. The molecule has 0 fully saturated rings. The molecule has 0 N–H and O–H groups in total. The van der Waals surface area contributed by atoms with E-state index in [9.17, 15) is 4.39 Å². The van der Waals surface area contributed by atoms with E-state index in [1.54, 1.807) is 43.3 Å². The van der Waals surface area contributed by atoms with Crippen molar-refractivity contribution in [2.75, 3.05) is 7.11 Å². The van der Waals surface area contributed by atoms with Crippen molar-refractivity contribution in [3.05, 3.63) is 65.3 Å². The first-order valence-electron chi connectivity index (χ1n) is 7.54. The van der Waals surface area contributed by atoms with Crippen LogP contribution in [0.15, 0.2) is 46.9 Å². The normalized spacial score (nSPS) is 10.3. The zero-order valence-electron chi connectivity index (χ0n) is 13.7. The average Bonchev–Trinajstić information content (AvgIpc) is 3.00. The van der Waals surface area contributed by atoms with Crippen LogP contribution < -0.4 is 9.47 Å². The van der Waals surface area contributed by atoms with Crippen molar-refractivity contribution < 1.29 is 18.3 Å². The number of ether oxygens (including phenoxy) is 2. The molecular weight excluding hydrogens is 323 g/mol. The second-order valence-corrected chi connectivity index (χ2v) is 5.30. The first-order valence-corrected chi connectivity index (χ1v) is 7.54. The van der Waals surface area contributed by atoms with Crippen molar-refractivity contribution >= 4 is 0 Å². The molecule has 0 atom stereocenters. The van der Waals surface area contributed by atoms with E-state index >= 15 is 0 Å². The number of oxazole rings is 1. The fraction of sp³-hybridized carbons (Fsp3) is 0.158. The number of benzene rings is 2. The lowest BCUT2D eigenvalue weighted by atomic mass is 10.2. The topological polar surface area (TPSA) is 68.3 Å². The van der Waals surface area contributed by atoms with Crippen molar-refractivity contribution in [1.29, 1.82) is 5.26 Å². The molecule has 6 heteroatoms. The molecule has 3 aromatic rings. The molecule has 0 saturated carbocycles. The molecule has 2 aromatic carbocycles. The Morgan fingerprint density at radius 1 is 1.20 bits per heavy atom. The maximum atomic E-state index is 14.2. The van der Waals surface area contributed by atoms with Gasteiger partial charge in [0.2, 0.25) is 5.89 Å². The van der Waals surface area contributed by atoms with Crippen molar-refractivity contribution in [1.82, 2.24) is 4.98 Å². The molecule has 3 rings (SSSR count). The number of nitrogens with zero attached hydrogens (tertiary/aromatic N) is 2. The lowest BCUT2D eigenvalue weighted by molar-refractivity contribution is 0.299. The highest BCUT2D eigenvalue weighted by Gasteiger charge is 2.16. The van der Waals surface area contributed by atoms with Gasteiger partial charge in [-0.1, -0.05) is 6.07 Å². The third kappa shape index (κ3) is 3.61. The van der Waals surface area contributed by atoms with Gasteiger partial charge in [-0.3, -0.25) is 0 Å². The summed E-state index contributed by atoms with van der Waals surface area (Å²) in [5.74, 6) is 1.22. The Labute approximate surface area is 144 Å². The third-order valence-corrected chi connectivity index (χ3v) is 3.64. The summed E-state index contributed by atoms with van der Waals surface area (Å²) in [7, 11) is 1.47. The van der Waals surface area contributed by atoms with Gasteiger partial charge in [-0.2, -0.15) is 5.26 Å². The van der Waals surface area contributed by atoms with Crippen LogP contribution >= 0.6 is 0 Å². The van der Waals surface area contributed by atoms with E-state index in [2.05, 4.69) is 11.1 Å². The first-order chi connectivity index (χ1) is 12.1. The number of methoxy groups -OCH3 is 1. The van der Waals surface area contributed by atoms with E-state index in [1.165, 1.54) is 13.2 Å². The van der Waals surface area contributed by atoms with Gasteiger partial charge >= 0.3 is 0 Å². The molecule has 0 radical (unpaired) electrons. The zero-order valence-corrected chi connectivity index (χ0v) is 13.7.